The van der Waals surface area contributed by atoms with Gasteiger partial charge in [0.25, 0.3) is 15.7 Å². The number of nitrogens with zero attached hydrogens (tertiary/aromatic N) is 2. The largest absolute Gasteiger partial charge is 0.495 e. The Kier molecular flexibility index (Phi) is 6.62. The molecule has 0 saturated heterocycles. The monoisotopic (exact) mass is 393 g/mol. The van der Waals surface area contributed by atoms with Gasteiger partial charge in [0, 0.05) is 25.7 Å². The van der Waals surface area contributed by atoms with Crippen LogP contribution in [0.2, 0.25) is 0 Å². The van der Waals surface area contributed by atoms with Crippen molar-refractivity contribution in [3.63, 3.8) is 0 Å². The second kappa shape index (κ2) is 8.72. The van der Waals surface area contributed by atoms with Gasteiger partial charge in [0.2, 0.25) is 0 Å². The van der Waals surface area contributed by atoms with E-state index in [0.717, 1.165) is 18.9 Å². The Hall–Kier alpha value is -2.81. The fourth-order valence-electron chi connectivity index (χ4n) is 2.59. The highest BCUT2D eigenvalue weighted by molar-refractivity contribution is 7.93. The average Bonchev–Trinajstić information content (AvgIpc) is 2.65. The fraction of sp³-hybridized carbons (Fsp3) is 0.333. The summed E-state index contributed by atoms with van der Waals surface area (Å²) >= 11 is 0. The van der Waals surface area contributed by atoms with E-state index in [2.05, 4.69) is 4.72 Å². The molecule has 2 aromatic carbocycles. The van der Waals surface area contributed by atoms with E-state index < -0.39 is 14.9 Å². The lowest BCUT2D eigenvalue weighted by Crippen LogP contribution is -2.23. The number of hydrogen-bond acceptors (Lipinski definition) is 6. The summed E-state index contributed by atoms with van der Waals surface area (Å²) in [6.45, 7) is 2.66. The number of nitrogens with one attached hydrogen (secondary N) is 1. The van der Waals surface area contributed by atoms with Gasteiger partial charge in [-0.25, -0.2) is 8.42 Å². The van der Waals surface area contributed by atoms with Gasteiger partial charge in [-0.05, 0) is 24.6 Å². The Morgan fingerprint density at radius 1 is 1.22 bits per heavy atom. The highest BCUT2D eigenvalue weighted by Gasteiger charge is 2.25. The van der Waals surface area contributed by atoms with E-state index in [-0.39, 0.29) is 16.3 Å². The first-order valence-corrected chi connectivity index (χ1v) is 9.94. The van der Waals surface area contributed by atoms with Crippen molar-refractivity contribution in [1.82, 2.24) is 0 Å². The summed E-state index contributed by atoms with van der Waals surface area (Å²) in [6.07, 6.45) is 1.81. The minimum Gasteiger partial charge on any atom is -0.495 e. The standard InChI is InChI=1S/C18H23N3O5S/c1-4-5-12-20(2)16-11-10-14(21(22)23)13-18(16)27(24,25)19-15-8-6-7-9-17(15)26-3/h6-11,13,19H,4-5,12H2,1-3H3. The van der Waals surface area contributed by atoms with Crippen LogP contribution in [0.5, 0.6) is 5.75 Å². The Bertz CT molecular complexity index is 915. The van der Waals surface area contributed by atoms with Crippen molar-refractivity contribution in [3.8, 4) is 5.75 Å². The summed E-state index contributed by atoms with van der Waals surface area (Å²) in [5.74, 6) is 0.354. The van der Waals surface area contributed by atoms with Crippen LogP contribution in [0.3, 0.4) is 0 Å². The maximum Gasteiger partial charge on any atom is 0.270 e. The predicted molar refractivity (Wildman–Crippen MR) is 105 cm³/mol. The molecular formula is C18H23N3O5S. The zero-order chi connectivity index (χ0) is 20.0. The van der Waals surface area contributed by atoms with Gasteiger partial charge in [0.05, 0.1) is 23.4 Å². The van der Waals surface area contributed by atoms with Crippen LogP contribution in [-0.2, 0) is 10.0 Å². The number of hydrogen-bond donors (Lipinski definition) is 1. The molecule has 2 rings (SSSR count). The number of nitro groups is 1. The molecule has 27 heavy (non-hydrogen) atoms. The number of ether oxygens (including phenoxy) is 1. The lowest BCUT2D eigenvalue weighted by Gasteiger charge is -2.22. The highest BCUT2D eigenvalue weighted by Crippen LogP contribution is 2.32. The van der Waals surface area contributed by atoms with E-state index in [4.69, 9.17) is 4.74 Å². The minimum atomic E-state index is -4.08. The molecule has 0 spiro atoms. The quantitative estimate of drug-likeness (QED) is 0.515. The van der Waals surface area contributed by atoms with Crippen LogP contribution >= 0.6 is 0 Å². The lowest BCUT2D eigenvalue weighted by atomic mass is 10.2. The summed E-state index contributed by atoms with van der Waals surface area (Å²) in [5.41, 5.74) is 0.369. The summed E-state index contributed by atoms with van der Waals surface area (Å²) in [6, 6.07) is 10.4. The van der Waals surface area contributed by atoms with Crippen molar-refractivity contribution in [1.29, 1.82) is 0 Å². The Labute approximate surface area is 159 Å². The molecule has 0 heterocycles. The minimum absolute atomic E-state index is 0.152. The number of methoxy groups -OCH3 is 1. The molecule has 0 aliphatic rings. The Morgan fingerprint density at radius 2 is 1.93 bits per heavy atom. The highest BCUT2D eigenvalue weighted by atomic mass is 32.2. The van der Waals surface area contributed by atoms with Gasteiger partial charge in [-0.2, -0.15) is 0 Å². The molecule has 146 valence electrons. The SMILES string of the molecule is CCCCN(C)c1ccc([N+](=O)[O-])cc1S(=O)(=O)Nc1ccccc1OC. The number of unbranched alkanes of at least 4 members (excludes halogenated alkanes) is 1. The van der Waals surface area contributed by atoms with E-state index >= 15 is 0 Å². The fourth-order valence-corrected chi connectivity index (χ4v) is 3.93. The second-order valence-electron chi connectivity index (χ2n) is 5.99. The van der Waals surface area contributed by atoms with Crippen LogP contribution in [0.15, 0.2) is 47.4 Å². The van der Waals surface area contributed by atoms with Gasteiger partial charge in [0.1, 0.15) is 10.6 Å². The molecule has 0 fully saturated rings. The van der Waals surface area contributed by atoms with Gasteiger partial charge in [-0.3, -0.25) is 14.8 Å². The van der Waals surface area contributed by atoms with Gasteiger partial charge in [-0.1, -0.05) is 25.5 Å². The first-order valence-electron chi connectivity index (χ1n) is 8.45. The predicted octanol–water partition coefficient (Wildman–Crippen LogP) is 3.64. The molecule has 8 nitrogen and oxygen atoms in total. The van der Waals surface area contributed by atoms with Crippen molar-refractivity contribution in [2.45, 2.75) is 24.7 Å². The maximum absolute atomic E-state index is 13.0. The van der Waals surface area contributed by atoms with Crippen molar-refractivity contribution < 1.29 is 18.1 Å². The molecule has 0 amide bonds. The summed E-state index contributed by atoms with van der Waals surface area (Å²) < 4.78 is 33.7. The third kappa shape index (κ3) is 4.88. The van der Waals surface area contributed by atoms with Crippen LogP contribution in [0.4, 0.5) is 17.1 Å². The van der Waals surface area contributed by atoms with Crippen LogP contribution in [-0.4, -0.2) is 34.0 Å². The lowest BCUT2D eigenvalue weighted by molar-refractivity contribution is -0.385. The zero-order valence-electron chi connectivity index (χ0n) is 15.5. The number of nitro benzene ring substituents is 1. The Morgan fingerprint density at radius 3 is 2.56 bits per heavy atom. The van der Waals surface area contributed by atoms with Crippen molar-refractivity contribution in [3.05, 3.63) is 52.6 Å². The topological polar surface area (TPSA) is 102 Å². The summed E-state index contributed by atoms with van der Waals surface area (Å²) in [4.78, 5) is 12.2. The molecule has 0 aromatic heterocycles. The number of benzene rings is 2. The first-order chi connectivity index (χ1) is 12.8. The van der Waals surface area contributed by atoms with Gasteiger partial charge < -0.3 is 9.64 Å². The molecule has 0 aliphatic carbocycles. The number of non-ortho nitro benzene ring substituents is 1. The summed E-state index contributed by atoms with van der Waals surface area (Å²) in [5, 5.41) is 11.1. The van der Waals surface area contributed by atoms with Crippen LogP contribution < -0.4 is 14.4 Å². The number of sulfonamides is 1. The van der Waals surface area contributed by atoms with Crippen molar-refractivity contribution >= 4 is 27.1 Å². The van der Waals surface area contributed by atoms with Gasteiger partial charge >= 0.3 is 0 Å². The van der Waals surface area contributed by atoms with E-state index in [0.29, 0.717) is 18.0 Å². The number of rotatable bonds is 9. The van der Waals surface area contributed by atoms with Crippen molar-refractivity contribution in [2.24, 2.45) is 0 Å². The third-order valence-corrected chi connectivity index (χ3v) is 5.45. The third-order valence-electron chi connectivity index (χ3n) is 4.05. The van der Waals surface area contributed by atoms with E-state index in [9.17, 15) is 18.5 Å². The molecule has 0 unspecified atom stereocenters. The van der Waals surface area contributed by atoms with Gasteiger partial charge in [-0.15, -0.1) is 0 Å². The first kappa shape index (κ1) is 20.5. The molecule has 0 aliphatic heterocycles. The molecule has 1 N–H and O–H groups in total. The maximum atomic E-state index is 13.0. The van der Waals surface area contributed by atoms with E-state index in [1.807, 2.05) is 6.92 Å². The smallest absolute Gasteiger partial charge is 0.270 e. The number of anilines is 2. The molecule has 0 radical (unpaired) electrons. The van der Waals surface area contributed by atoms with E-state index in [1.165, 1.54) is 19.2 Å². The van der Waals surface area contributed by atoms with E-state index in [1.54, 1.807) is 36.2 Å². The number of para-hydroxylation sites is 2. The van der Waals surface area contributed by atoms with Crippen molar-refractivity contribution in [2.75, 3.05) is 30.3 Å². The second-order valence-corrected chi connectivity index (χ2v) is 7.64. The van der Waals surface area contributed by atoms with Crippen LogP contribution in [0.1, 0.15) is 19.8 Å². The Balaban J connectivity index is 2.51. The normalized spacial score (nSPS) is 11.1. The van der Waals surface area contributed by atoms with Crippen LogP contribution in [0.25, 0.3) is 0 Å². The zero-order valence-corrected chi connectivity index (χ0v) is 16.3. The van der Waals surface area contributed by atoms with Crippen LogP contribution in [0, 0.1) is 10.1 Å². The molecule has 0 bridgehead atoms. The molecule has 0 atom stereocenters. The molecule has 0 saturated carbocycles. The summed E-state index contributed by atoms with van der Waals surface area (Å²) in [7, 11) is -0.881. The molecule has 2 aromatic rings. The molecular weight excluding hydrogens is 370 g/mol. The average molecular weight is 393 g/mol. The van der Waals surface area contributed by atoms with Gasteiger partial charge in [0.15, 0.2) is 0 Å². The molecule has 9 heteroatoms.